The number of carbonyl (C=O) groups excluding carboxylic acids is 4. The number of rotatable bonds is 11. The molecule has 0 saturated carbocycles. The Bertz CT molecular complexity index is 976. The minimum atomic E-state index is -0.632. The van der Waals surface area contributed by atoms with Crippen LogP contribution in [0.5, 0.6) is 0 Å². The Labute approximate surface area is 213 Å². The van der Waals surface area contributed by atoms with Crippen LogP contribution in [0, 0.1) is 0 Å². The van der Waals surface area contributed by atoms with Gasteiger partial charge in [0.15, 0.2) is 0 Å². The molecule has 0 bridgehead atoms. The number of aryl methyl sites for hydroxylation is 1. The Balaban J connectivity index is 0.000000360. The minimum absolute atomic E-state index is 0.217. The fraction of sp³-hybridized carbons (Fsp3) is 0.357. The van der Waals surface area contributed by atoms with Crippen LogP contribution in [-0.4, -0.2) is 50.1 Å². The van der Waals surface area contributed by atoms with E-state index in [1.54, 1.807) is 0 Å². The maximum atomic E-state index is 11.5. The van der Waals surface area contributed by atoms with Crippen LogP contribution < -0.4 is 10.6 Å². The third kappa shape index (κ3) is 13.1. The van der Waals surface area contributed by atoms with Crippen molar-refractivity contribution in [2.45, 2.75) is 51.6 Å². The molecule has 2 amide bonds. The quantitative estimate of drug-likeness (QED) is 0.461. The topological polar surface area (TPSA) is 111 Å². The normalized spacial score (nSPS) is 11.9. The van der Waals surface area contributed by atoms with Gasteiger partial charge in [0.05, 0.1) is 14.2 Å². The predicted molar refractivity (Wildman–Crippen MR) is 139 cm³/mol. The van der Waals surface area contributed by atoms with Gasteiger partial charge in [-0.3, -0.25) is 9.59 Å². The van der Waals surface area contributed by atoms with E-state index in [2.05, 4.69) is 20.1 Å². The molecule has 0 aromatic heterocycles. The molecule has 8 heteroatoms. The molecular formula is C28H36N2O6. The van der Waals surface area contributed by atoms with Crippen molar-refractivity contribution in [1.29, 1.82) is 0 Å². The van der Waals surface area contributed by atoms with Crippen LogP contribution in [0.4, 0.5) is 0 Å². The molecular weight excluding hydrogens is 460 g/mol. The monoisotopic (exact) mass is 496 g/mol. The summed E-state index contributed by atoms with van der Waals surface area (Å²) in [7, 11) is 2.63. The highest BCUT2D eigenvalue weighted by Gasteiger charge is 2.19. The summed E-state index contributed by atoms with van der Waals surface area (Å²) in [4.78, 5) is 44.8. The van der Waals surface area contributed by atoms with Gasteiger partial charge in [-0.2, -0.15) is 0 Å². The third-order valence-electron chi connectivity index (χ3n) is 5.01. The van der Waals surface area contributed by atoms with Gasteiger partial charge in [-0.05, 0) is 36.8 Å². The lowest BCUT2D eigenvalue weighted by Gasteiger charge is -2.15. The Hall–Kier alpha value is -3.94. The highest BCUT2D eigenvalue weighted by molar-refractivity contribution is 5.83. The van der Waals surface area contributed by atoms with E-state index in [9.17, 15) is 19.2 Å². The van der Waals surface area contributed by atoms with E-state index in [0.717, 1.165) is 18.4 Å². The maximum Gasteiger partial charge on any atom is 0.328 e. The molecule has 0 spiro atoms. The van der Waals surface area contributed by atoms with Gasteiger partial charge in [0.1, 0.15) is 12.1 Å². The first-order chi connectivity index (χ1) is 17.3. The minimum Gasteiger partial charge on any atom is -0.467 e. The molecule has 0 saturated heterocycles. The lowest BCUT2D eigenvalue weighted by atomic mass is 10.0. The molecule has 0 aliphatic carbocycles. The van der Waals surface area contributed by atoms with Gasteiger partial charge in [-0.25, -0.2) is 9.59 Å². The number of benzene rings is 2. The molecule has 0 heterocycles. The summed E-state index contributed by atoms with van der Waals surface area (Å²) in [5, 5.41) is 5.16. The average Bonchev–Trinajstić information content (AvgIpc) is 2.87. The van der Waals surface area contributed by atoms with Crippen LogP contribution in [0.15, 0.2) is 66.7 Å². The van der Waals surface area contributed by atoms with Gasteiger partial charge in [0, 0.05) is 13.8 Å². The number of amides is 2. The van der Waals surface area contributed by atoms with Crippen LogP contribution in [0.3, 0.4) is 0 Å². The molecule has 194 valence electrons. The lowest BCUT2D eigenvalue weighted by molar-refractivity contribution is -0.145. The van der Waals surface area contributed by atoms with Crippen molar-refractivity contribution in [3.05, 3.63) is 77.9 Å². The van der Waals surface area contributed by atoms with Gasteiger partial charge in [0.2, 0.25) is 11.8 Å². The molecule has 0 aliphatic heterocycles. The molecule has 2 rings (SSSR count). The molecule has 0 aliphatic rings. The van der Waals surface area contributed by atoms with E-state index < -0.39 is 24.0 Å². The summed E-state index contributed by atoms with van der Waals surface area (Å²) in [5.74, 6) is -1.30. The van der Waals surface area contributed by atoms with Crippen molar-refractivity contribution < 1.29 is 28.7 Å². The second kappa shape index (κ2) is 17.5. The highest BCUT2D eigenvalue weighted by atomic mass is 16.5. The number of ether oxygens (including phenoxy) is 2. The maximum absolute atomic E-state index is 11.5. The van der Waals surface area contributed by atoms with Gasteiger partial charge >= 0.3 is 11.9 Å². The summed E-state index contributed by atoms with van der Waals surface area (Å²) in [5.41, 5.74) is 2.27. The van der Waals surface area contributed by atoms with Crippen molar-refractivity contribution in [3.63, 3.8) is 0 Å². The molecule has 0 fully saturated rings. The largest absolute Gasteiger partial charge is 0.467 e. The Morgan fingerprint density at radius 3 is 1.81 bits per heavy atom. The summed E-state index contributed by atoms with van der Waals surface area (Å²) >= 11 is 0. The molecule has 2 aromatic carbocycles. The van der Waals surface area contributed by atoms with Gasteiger partial charge in [-0.15, -0.1) is 0 Å². The first kappa shape index (κ1) is 30.1. The fourth-order valence-electron chi connectivity index (χ4n) is 3.30. The van der Waals surface area contributed by atoms with E-state index in [1.165, 1.54) is 33.6 Å². The molecule has 2 N–H and O–H groups in total. The van der Waals surface area contributed by atoms with Gasteiger partial charge in [-0.1, -0.05) is 72.8 Å². The first-order valence-electron chi connectivity index (χ1n) is 11.7. The zero-order valence-corrected chi connectivity index (χ0v) is 21.4. The van der Waals surface area contributed by atoms with Crippen molar-refractivity contribution in [2.24, 2.45) is 0 Å². The lowest BCUT2D eigenvalue weighted by Crippen LogP contribution is -2.40. The molecule has 0 radical (unpaired) electrons. The molecule has 2 atom stereocenters. The van der Waals surface area contributed by atoms with Crippen molar-refractivity contribution in [3.8, 4) is 0 Å². The number of carbonyl (C=O) groups is 4. The fourth-order valence-corrected chi connectivity index (χ4v) is 3.30. The second-order valence-corrected chi connectivity index (χ2v) is 7.98. The van der Waals surface area contributed by atoms with E-state index >= 15 is 0 Å². The van der Waals surface area contributed by atoms with Crippen LogP contribution in [0.25, 0.3) is 6.08 Å². The third-order valence-corrected chi connectivity index (χ3v) is 5.01. The van der Waals surface area contributed by atoms with E-state index in [4.69, 9.17) is 0 Å². The zero-order valence-electron chi connectivity index (χ0n) is 21.4. The Morgan fingerprint density at radius 2 is 1.28 bits per heavy atom. The van der Waals surface area contributed by atoms with E-state index in [1.807, 2.05) is 72.8 Å². The number of nitrogens with one attached hydrogen (secondary N) is 2. The molecule has 2 aromatic rings. The summed E-state index contributed by atoms with van der Waals surface area (Å²) < 4.78 is 9.29. The van der Waals surface area contributed by atoms with Gasteiger partial charge < -0.3 is 20.1 Å². The van der Waals surface area contributed by atoms with E-state index in [-0.39, 0.29) is 11.8 Å². The van der Waals surface area contributed by atoms with Crippen LogP contribution in [0.2, 0.25) is 0 Å². The zero-order chi connectivity index (χ0) is 26.8. The van der Waals surface area contributed by atoms with Gasteiger partial charge in [0.25, 0.3) is 0 Å². The van der Waals surface area contributed by atoms with Crippen molar-refractivity contribution >= 4 is 29.8 Å². The first-order valence-corrected chi connectivity index (χ1v) is 11.7. The number of hydrogen-bond donors (Lipinski definition) is 2. The van der Waals surface area contributed by atoms with Crippen molar-refractivity contribution in [1.82, 2.24) is 10.6 Å². The highest BCUT2D eigenvalue weighted by Crippen LogP contribution is 2.08. The average molecular weight is 497 g/mol. The van der Waals surface area contributed by atoms with Crippen LogP contribution >= 0.6 is 0 Å². The summed E-state index contributed by atoms with van der Waals surface area (Å²) in [6.07, 6.45) is 6.44. The molecule has 0 unspecified atom stereocenters. The SMILES string of the molecule is COC(=O)[C@@H](C/C=C/c1ccccc1)NC(C)=O.COC(=O)[C@@H](CCCc1ccccc1)NC(C)=O. The Kier molecular flexibility index (Phi) is 14.6. The molecule has 8 nitrogen and oxygen atoms in total. The van der Waals surface area contributed by atoms with E-state index in [0.29, 0.717) is 12.8 Å². The summed E-state index contributed by atoms with van der Waals surface area (Å²) in [6, 6.07) is 18.6. The van der Waals surface area contributed by atoms with Crippen LogP contribution in [0.1, 0.15) is 44.2 Å². The van der Waals surface area contributed by atoms with Crippen molar-refractivity contribution in [2.75, 3.05) is 14.2 Å². The summed E-state index contributed by atoms with van der Waals surface area (Å²) in [6.45, 7) is 2.77. The van der Waals surface area contributed by atoms with Crippen LogP contribution in [-0.2, 0) is 35.1 Å². The number of hydrogen-bond acceptors (Lipinski definition) is 6. The molecule has 36 heavy (non-hydrogen) atoms. The smallest absolute Gasteiger partial charge is 0.328 e. The number of esters is 2. The predicted octanol–water partition coefficient (Wildman–Crippen LogP) is 3.45. The standard InChI is InChI=1S/C14H19NO3.C14H17NO3/c2*1-11(16)15-13(14(17)18-2)10-6-9-12-7-4-3-5-8-12/h3-5,7-8,13H,6,9-10H2,1-2H3,(H,15,16);3-9,13H,10H2,1-2H3,(H,15,16)/b;9-6+/t2*13-/m11/s1. The Morgan fingerprint density at radius 1 is 0.778 bits per heavy atom. The second-order valence-electron chi connectivity index (χ2n) is 7.98. The number of methoxy groups -OCH3 is 2.